The maximum Gasteiger partial charge on any atom is 0.317 e. The molecule has 0 aliphatic carbocycles. The molecule has 0 spiro atoms. The number of hydrogen-bond donors (Lipinski definition) is 0. The number of esters is 1. The van der Waals surface area contributed by atoms with Crippen LogP contribution in [0.3, 0.4) is 0 Å². The molecule has 0 amide bonds. The third-order valence-electron chi connectivity index (χ3n) is 2.97. The Balaban J connectivity index is 1.67. The zero-order chi connectivity index (χ0) is 15.5. The normalized spacial score (nSPS) is 10.6. The highest BCUT2D eigenvalue weighted by molar-refractivity contribution is 7.20. The molecule has 1 aromatic carbocycles. The number of nitrogens with zero attached hydrogens (tertiary/aromatic N) is 1. The summed E-state index contributed by atoms with van der Waals surface area (Å²) >= 11 is 9.05. The van der Waals surface area contributed by atoms with Gasteiger partial charge in [0.05, 0.1) is 17.0 Å². The van der Waals surface area contributed by atoms with Crippen molar-refractivity contribution in [3.63, 3.8) is 0 Å². The second-order valence-electron chi connectivity index (χ2n) is 4.68. The Labute approximate surface area is 141 Å². The highest BCUT2D eigenvalue weighted by Crippen LogP contribution is 2.28. The zero-order valence-electron chi connectivity index (χ0n) is 11.7. The Morgan fingerprint density at radius 3 is 2.91 bits per heavy atom. The number of thiazole rings is 1. The Hall–Kier alpha value is -1.69. The molecule has 0 aliphatic rings. The van der Waals surface area contributed by atoms with Gasteiger partial charge in [-0.25, -0.2) is 4.98 Å². The quantitative estimate of drug-likeness (QED) is 0.492. The van der Waals surface area contributed by atoms with E-state index in [-0.39, 0.29) is 12.4 Å². The molecule has 0 radical (unpaired) electrons. The lowest BCUT2D eigenvalue weighted by atomic mass is 10.2. The fraction of sp³-hybridized carbons (Fsp3) is 0.125. The minimum absolute atomic E-state index is 0.157. The van der Waals surface area contributed by atoms with Crippen molar-refractivity contribution in [2.75, 3.05) is 0 Å². The Bertz CT molecular complexity index is 796. The molecule has 2 heterocycles. The van der Waals surface area contributed by atoms with Gasteiger partial charge in [0.2, 0.25) is 0 Å². The third-order valence-corrected chi connectivity index (χ3v) is 5.14. The van der Waals surface area contributed by atoms with Crippen molar-refractivity contribution in [3.8, 4) is 15.6 Å². The van der Waals surface area contributed by atoms with Crippen LogP contribution >= 0.6 is 34.3 Å². The van der Waals surface area contributed by atoms with Gasteiger partial charge in [0.15, 0.2) is 0 Å². The summed E-state index contributed by atoms with van der Waals surface area (Å²) in [5, 5.41) is 5.46. The topological polar surface area (TPSA) is 39.2 Å². The summed E-state index contributed by atoms with van der Waals surface area (Å²) in [7, 11) is 0. The summed E-state index contributed by atoms with van der Waals surface area (Å²) in [6.07, 6.45) is 0.157. The molecule has 0 N–H and O–H groups in total. The van der Waals surface area contributed by atoms with Gasteiger partial charge in [-0.3, -0.25) is 4.79 Å². The van der Waals surface area contributed by atoms with Crippen LogP contribution in [-0.4, -0.2) is 11.0 Å². The van der Waals surface area contributed by atoms with E-state index in [0.29, 0.717) is 10.8 Å². The van der Waals surface area contributed by atoms with E-state index in [2.05, 4.69) is 4.98 Å². The van der Waals surface area contributed by atoms with Gasteiger partial charge in [0, 0.05) is 10.4 Å². The summed E-state index contributed by atoms with van der Waals surface area (Å²) in [4.78, 5) is 17.6. The summed E-state index contributed by atoms with van der Waals surface area (Å²) in [6, 6.07) is 9.17. The van der Waals surface area contributed by atoms with Crippen LogP contribution in [0.1, 0.15) is 11.3 Å². The molecule has 3 rings (SSSR count). The van der Waals surface area contributed by atoms with Crippen LogP contribution in [0.5, 0.6) is 5.75 Å². The van der Waals surface area contributed by atoms with E-state index in [1.165, 1.54) is 11.3 Å². The number of thiophene rings is 1. The first-order valence-electron chi connectivity index (χ1n) is 6.57. The zero-order valence-corrected chi connectivity index (χ0v) is 14.1. The summed E-state index contributed by atoms with van der Waals surface area (Å²) in [6.45, 7) is 1.85. The van der Waals surface area contributed by atoms with Gasteiger partial charge < -0.3 is 4.74 Å². The minimum atomic E-state index is -0.326. The SMILES string of the molecule is Cc1cc(Cl)ccc1OC(=O)Cc1csc(-c2cccs2)n1. The molecule has 0 unspecified atom stereocenters. The number of halogens is 1. The van der Waals surface area contributed by atoms with Crippen LogP contribution in [0.15, 0.2) is 41.1 Å². The van der Waals surface area contributed by atoms with Crippen LogP contribution in [0.25, 0.3) is 9.88 Å². The Morgan fingerprint density at radius 1 is 1.32 bits per heavy atom. The number of carbonyl (C=O) groups is 1. The molecule has 22 heavy (non-hydrogen) atoms. The van der Waals surface area contributed by atoms with Gasteiger partial charge in [0.25, 0.3) is 0 Å². The van der Waals surface area contributed by atoms with Crippen molar-refractivity contribution in [3.05, 3.63) is 57.4 Å². The number of benzene rings is 1. The lowest BCUT2D eigenvalue weighted by Gasteiger charge is -2.06. The summed E-state index contributed by atoms with van der Waals surface area (Å²) in [5.74, 6) is 0.205. The standard InChI is InChI=1S/C16H12ClNO2S2/c1-10-7-11(17)4-5-13(10)20-15(19)8-12-9-22-16(18-12)14-3-2-6-21-14/h2-7,9H,8H2,1H3. The van der Waals surface area contributed by atoms with Gasteiger partial charge in [0.1, 0.15) is 10.8 Å². The second kappa shape index (κ2) is 6.60. The molecule has 0 atom stereocenters. The maximum absolute atomic E-state index is 12.0. The summed E-state index contributed by atoms with van der Waals surface area (Å²) in [5.41, 5.74) is 1.56. The average Bonchev–Trinajstić information content (AvgIpc) is 3.12. The molecule has 0 fully saturated rings. The fourth-order valence-electron chi connectivity index (χ4n) is 1.94. The molecular weight excluding hydrogens is 338 g/mol. The lowest BCUT2D eigenvalue weighted by molar-refractivity contribution is -0.133. The average molecular weight is 350 g/mol. The van der Waals surface area contributed by atoms with E-state index >= 15 is 0 Å². The van der Waals surface area contributed by atoms with Crippen LogP contribution in [0.4, 0.5) is 0 Å². The highest BCUT2D eigenvalue weighted by atomic mass is 35.5. The molecule has 6 heteroatoms. The Kier molecular flexibility index (Phi) is 4.57. The first-order chi connectivity index (χ1) is 10.6. The van der Waals surface area contributed by atoms with Crippen molar-refractivity contribution < 1.29 is 9.53 Å². The van der Waals surface area contributed by atoms with Crippen molar-refractivity contribution in [1.29, 1.82) is 0 Å². The van der Waals surface area contributed by atoms with Crippen LogP contribution in [0, 0.1) is 6.92 Å². The van der Waals surface area contributed by atoms with Gasteiger partial charge in [-0.15, -0.1) is 22.7 Å². The van der Waals surface area contributed by atoms with Gasteiger partial charge >= 0.3 is 5.97 Å². The predicted octanol–water partition coefficient (Wildman–Crippen LogP) is 4.98. The number of rotatable bonds is 4. The second-order valence-corrected chi connectivity index (χ2v) is 6.92. The van der Waals surface area contributed by atoms with Crippen molar-refractivity contribution in [1.82, 2.24) is 4.98 Å². The van der Waals surface area contributed by atoms with E-state index < -0.39 is 0 Å². The number of carbonyl (C=O) groups excluding carboxylic acids is 1. The van der Waals surface area contributed by atoms with Crippen LogP contribution in [-0.2, 0) is 11.2 Å². The van der Waals surface area contributed by atoms with Crippen molar-refractivity contribution >= 4 is 40.2 Å². The molecule has 0 bridgehead atoms. The number of aromatic nitrogens is 1. The van der Waals surface area contributed by atoms with E-state index in [4.69, 9.17) is 16.3 Å². The smallest absolute Gasteiger partial charge is 0.317 e. The highest BCUT2D eigenvalue weighted by Gasteiger charge is 2.12. The van der Waals surface area contributed by atoms with Gasteiger partial charge in [-0.1, -0.05) is 17.7 Å². The fourth-order valence-corrected chi connectivity index (χ4v) is 3.80. The van der Waals surface area contributed by atoms with Crippen LogP contribution in [0.2, 0.25) is 5.02 Å². The number of hydrogen-bond acceptors (Lipinski definition) is 5. The van der Waals surface area contributed by atoms with Crippen LogP contribution < -0.4 is 4.74 Å². The van der Waals surface area contributed by atoms with Gasteiger partial charge in [-0.2, -0.15) is 0 Å². The maximum atomic E-state index is 12.0. The first-order valence-corrected chi connectivity index (χ1v) is 8.70. The first kappa shape index (κ1) is 15.2. The molecule has 0 saturated heterocycles. The predicted molar refractivity (Wildman–Crippen MR) is 91.0 cm³/mol. The van der Waals surface area contributed by atoms with E-state index in [1.54, 1.807) is 29.5 Å². The molecule has 3 nitrogen and oxygen atoms in total. The number of aryl methyl sites for hydroxylation is 1. The van der Waals surface area contributed by atoms with E-state index in [0.717, 1.165) is 21.1 Å². The molecule has 0 aliphatic heterocycles. The molecule has 3 aromatic rings. The molecule has 112 valence electrons. The molecule has 2 aromatic heterocycles. The summed E-state index contributed by atoms with van der Waals surface area (Å²) < 4.78 is 5.37. The lowest BCUT2D eigenvalue weighted by Crippen LogP contribution is -2.12. The van der Waals surface area contributed by atoms with E-state index in [9.17, 15) is 4.79 Å². The molecular formula is C16H12ClNO2S2. The minimum Gasteiger partial charge on any atom is -0.426 e. The van der Waals surface area contributed by atoms with Crippen molar-refractivity contribution in [2.45, 2.75) is 13.3 Å². The molecule has 0 saturated carbocycles. The largest absolute Gasteiger partial charge is 0.426 e. The number of ether oxygens (including phenoxy) is 1. The van der Waals surface area contributed by atoms with E-state index in [1.807, 2.05) is 29.8 Å². The Morgan fingerprint density at radius 2 is 2.18 bits per heavy atom. The third kappa shape index (κ3) is 3.55. The van der Waals surface area contributed by atoms with Crippen molar-refractivity contribution in [2.24, 2.45) is 0 Å². The monoisotopic (exact) mass is 349 g/mol. The van der Waals surface area contributed by atoms with Gasteiger partial charge in [-0.05, 0) is 42.1 Å².